The van der Waals surface area contributed by atoms with Gasteiger partial charge in [-0.1, -0.05) is 34.1 Å². The maximum atomic E-state index is 13.9. The molecule has 0 aliphatic carbocycles. The summed E-state index contributed by atoms with van der Waals surface area (Å²) in [7, 11) is -0.893. The van der Waals surface area contributed by atoms with Gasteiger partial charge in [-0.05, 0) is 36.2 Å². The van der Waals surface area contributed by atoms with Crippen molar-refractivity contribution in [2.24, 2.45) is 0 Å². The van der Waals surface area contributed by atoms with Gasteiger partial charge in [-0.15, -0.1) is 0 Å². The Labute approximate surface area is 144 Å². The van der Waals surface area contributed by atoms with E-state index < -0.39 is 15.8 Å². The van der Waals surface area contributed by atoms with Gasteiger partial charge >= 0.3 is 0 Å². The number of rotatable bonds is 6. The normalized spacial score (nSPS) is 11.7. The molecule has 0 bridgehead atoms. The maximum absolute atomic E-state index is 13.9. The summed E-state index contributed by atoms with van der Waals surface area (Å²) in [6, 6.07) is 11.3. The molecule has 0 heterocycles. The van der Waals surface area contributed by atoms with Crippen LogP contribution in [0.3, 0.4) is 0 Å². The van der Waals surface area contributed by atoms with Crippen LogP contribution in [0.5, 0.6) is 5.75 Å². The minimum Gasteiger partial charge on any atom is -0.496 e. The molecule has 2 aromatic rings. The average Bonchev–Trinajstić information content (AvgIpc) is 2.54. The molecule has 0 amide bonds. The van der Waals surface area contributed by atoms with Crippen molar-refractivity contribution in [2.45, 2.75) is 11.3 Å². The first-order valence-electron chi connectivity index (χ1n) is 6.89. The number of para-hydroxylation sites is 1. The van der Waals surface area contributed by atoms with E-state index in [1.165, 1.54) is 19.2 Å². The Hall–Kier alpha value is -1.44. The molecule has 0 N–H and O–H groups in total. The number of nitrogens with zero attached hydrogens (tertiary/aromatic N) is 1. The van der Waals surface area contributed by atoms with E-state index in [-0.39, 0.29) is 11.4 Å². The summed E-state index contributed by atoms with van der Waals surface area (Å²) >= 11 is 3.17. The zero-order valence-electron chi connectivity index (χ0n) is 12.8. The minimum atomic E-state index is -3.89. The third kappa shape index (κ3) is 4.10. The van der Waals surface area contributed by atoms with Crippen molar-refractivity contribution in [3.63, 3.8) is 0 Å². The largest absolute Gasteiger partial charge is 0.496 e. The van der Waals surface area contributed by atoms with Gasteiger partial charge in [0.15, 0.2) is 0 Å². The molecule has 0 saturated carbocycles. The highest BCUT2D eigenvalue weighted by Crippen LogP contribution is 2.24. The molecule has 23 heavy (non-hydrogen) atoms. The maximum Gasteiger partial charge on any atom is 0.245 e. The number of hydrogen-bond donors (Lipinski definition) is 0. The molecule has 0 atom stereocenters. The van der Waals surface area contributed by atoms with E-state index in [9.17, 15) is 12.8 Å². The summed E-state index contributed by atoms with van der Waals surface area (Å²) in [5.74, 6) is -0.0655. The predicted octanol–water partition coefficient (Wildman–Crippen LogP) is 3.46. The third-order valence-electron chi connectivity index (χ3n) is 3.47. The van der Waals surface area contributed by atoms with E-state index in [1.54, 1.807) is 7.11 Å². The number of methoxy groups -OCH3 is 1. The molecule has 0 aliphatic heterocycles. The lowest BCUT2D eigenvalue weighted by Crippen LogP contribution is -2.29. The summed E-state index contributed by atoms with van der Waals surface area (Å²) in [5.41, 5.74) is 0.895. The zero-order chi connectivity index (χ0) is 17.0. The molecular formula is C16H17BrFNO3S. The van der Waals surface area contributed by atoms with E-state index in [4.69, 9.17) is 4.74 Å². The highest BCUT2D eigenvalue weighted by atomic mass is 79.9. The van der Waals surface area contributed by atoms with Crippen LogP contribution in [-0.2, 0) is 16.4 Å². The molecule has 124 valence electrons. The van der Waals surface area contributed by atoms with E-state index in [0.29, 0.717) is 16.6 Å². The standard InChI is InChI=1S/C16H17BrFNO3S/c1-19(10-9-12-5-3-4-6-15(12)22-2)23(20,21)16-11-13(17)7-8-14(16)18/h3-8,11H,9-10H2,1-2H3. The highest BCUT2D eigenvalue weighted by Gasteiger charge is 2.24. The summed E-state index contributed by atoms with van der Waals surface area (Å²) in [4.78, 5) is -0.339. The Morgan fingerprint density at radius 2 is 1.91 bits per heavy atom. The van der Waals surface area contributed by atoms with E-state index in [0.717, 1.165) is 15.9 Å². The van der Waals surface area contributed by atoms with Gasteiger partial charge < -0.3 is 4.74 Å². The van der Waals surface area contributed by atoms with Gasteiger partial charge in [0.1, 0.15) is 16.5 Å². The Morgan fingerprint density at radius 1 is 1.22 bits per heavy atom. The summed E-state index contributed by atoms with van der Waals surface area (Å²) < 4.78 is 45.8. The molecule has 0 aliphatic rings. The third-order valence-corrected chi connectivity index (χ3v) is 5.84. The van der Waals surface area contributed by atoms with Crippen LogP contribution in [0.25, 0.3) is 0 Å². The van der Waals surface area contributed by atoms with Crippen molar-refractivity contribution in [1.29, 1.82) is 0 Å². The van der Waals surface area contributed by atoms with Crippen molar-refractivity contribution in [3.05, 3.63) is 58.3 Å². The molecule has 2 aromatic carbocycles. The van der Waals surface area contributed by atoms with Crippen molar-refractivity contribution >= 4 is 26.0 Å². The lowest BCUT2D eigenvalue weighted by atomic mass is 10.1. The lowest BCUT2D eigenvalue weighted by molar-refractivity contribution is 0.405. The van der Waals surface area contributed by atoms with Crippen LogP contribution in [0, 0.1) is 5.82 Å². The average molecular weight is 402 g/mol. The van der Waals surface area contributed by atoms with Crippen molar-refractivity contribution in [1.82, 2.24) is 4.31 Å². The first-order chi connectivity index (χ1) is 10.9. The van der Waals surface area contributed by atoms with Gasteiger partial charge in [0.2, 0.25) is 10.0 Å². The zero-order valence-corrected chi connectivity index (χ0v) is 15.2. The number of hydrogen-bond acceptors (Lipinski definition) is 3. The van der Waals surface area contributed by atoms with Gasteiger partial charge in [-0.25, -0.2) is 17.1 Å². The van der Waals surface area contributed by atoms with Crippen molar-refractivity contribution in [2.75, 3.05) is 20.7 Å². The molecule has 0 spiro atoms. The van der Waals surface area contributed by atoms with Crippen LogP contribution >= 0.6 is 15.9 Å². The quantitative estimate of drug-likeness (QED) is 0.744. The van der Waals surface area contributed by atoms with Crippen LogP contribution < -0.4 is 4.74 Å². The molecule has 0 aromatic heterocycles. The number of ether oxygens (including phenoxy) is 1. The number of benzene rings is 2. The lowest BCUT2D eigenvalue weighted by Gasteiger charge is -2.18. The number of halogens is 2. The molecule has 2 rings (SSSR count). The predicted molar refractivity (Wildman–Crippen MR) is 90.6 cm³/mol. The molecule has 4 nitrogen and oxygen atoms in total. The second kappa shape index (κ2) is 7.42. The summed E-state index contributed by atoms with van der Waals surface area (Å²) in [6.07, 6.45) is 0.468. The second-order valence-corrected chi connectivity index (χ2v) is 7.89. The number of sulfonamides is 1. The second-order valence-electron chi connectivity index (χ2n) is 4.96. The minimum absolute atomic E-state index is 0.217. The molecule has 0 unspecified atom stereocenters. The monoisotopic (exact) mass is 401 g/mol. The fraction of sp³-hybridized carbons (Fsp3) is 0.250. The summed E-state index contributed by atoms with van der Waals surface area (Å²) in [5, 5.41) is 0. The highest BCUT2D eigenvalue weighted by molar-refractivity contribution is 9.10. The van der Waals surface area contributed by atoms with E-state index in [1.807, 2.05) is 24.3 Å². The van der Waals surface area contributed by atoms with E-state index >= 15 is 0 Å². The first-order valence-corrected chi connectivity index (χ1v) is 9.13. The van der Waals surface area contributed by atoms with Gasteiger partial charge in [-0.2, -0.15) is 0 Å². The first kappa shape index (κ1) is 17.9. The molecule has 7 heteroatoms. The van der Waals surface area contributed by atoms with Crippen LogP contribution in [0.1, 0.15) is 5.56 Å². The van der Waals surface area contributed by atoms with Gasteiger partial charge in [0.05, 0.1) is 7.11 Å². The van der Waals surface area contributed by atoms with Crippen LogP contribution in [0.2, 0.25) is 0 Å². The molecule has 0 saturated heterocycles. The molecule has 0 radical (unpaired) electrons. The Kier molecular flexibility index (Phi) is 5.78. The topological polar surface area (TPSA) is 46.6 Å². The Morgan fingerprint density at radius 3 is 2.61 bits per heavy atom. The fourth-order valence-electron chi connectivity index (χ4n) is 2.15. The van der Waals surface area contributed by atoms with Crippen LogP contribution in [-0.4, -0.2) is 33.4 Å². The molecule has 0 fully saturated rings. The van der Waals surface area contributed by atoms with Gasteiger partial charge in [-0.3, -0.25) is 0 Å². The Bertz CT molecular complexity index is 796. The summed E-state index contributed by atoms with van der Waals surface area (Å²) in [6.45, 7) is 0.217. The number of likely N-dealkylation sites (N-methyl/N-ethyl adjacent to an activating group) is 1. The van der Waals surface area contributed by atoms with Crippen LogP contribution in [0.15, 0.2) is 51.8 Å². The SMILES string of the molecule is COc1ccccc1CCN(C)S(=O)(=O)c1cc(Br)ccc1F. The molecular weight excluding hydrogens is 385 g/mol. The fourth-order valence-corrected chi connectivity index (χ4v) is 3.92. The van der Waals surface area contributed by atoms with E-state index in [2.05, 4.69) is 15.9 Å². The van der Waals surface area contributed by atoms with Gasteiger partial charge in [0, 0.05) is 18.1 Å². The smallest absolute Gasteiger partial charge is 0.245 e. The van der Waals surface area contributed by atoms with Gasteiger partial charge in [0.25, 0.3) is 0 Å². The van der Waals surface area contributed by atoms with Crippen molar-refractivity contribution in [3.8, 4) is 5.75 Å². The Balaban J connectivity index is 2.19. The van der Waals surface area contributed by atoms with Crippen LogP contribution in [0.4, 0.5) is 4.39 Å². The van der Waals surface area contributed by atoms with Crippen molar-refractivity contribution < 1.29 is 17.5 Å².